The van der Waals surface area contributed by atoms with E-state index in [9.17, 15) is 4.79 Å². The lowest BCUT2D eigenvalue weighted by atomic mass is 10.1. The van der Waals surface area contributed by atoms with E-state index in [0.29, 0.717) is 19.5 Å². The summed E-state index contributed by atoms with van der Waals surface area (Å²) in [5.74, 6) is -0.453. The van der Waals surface area contributed by atoms with Gasteiger partial charge in [-0.2, -0.15) is 0 Å². The molecule has 0 fully saturated rings. The highest BCUT2D eigenvalue weighted by Crippen LogP contribution is 2.16. The van der Waals surface area contributed by atoms with Gasteiger partial charge >= 0.3 is 5.97 Å². The van der Waals surface area contributed by atoms with Crippen molar-refractivity contribution in [1.82, 2.24) is 0 Å². The Hall–Kier alpha value is -1.89. The van der Waals surface area contributed by atoms with Gasteiger partial charge in [0.1, 0.15) is 12.6 Å². The predicted molar refractivity (Wildman–Crippen MR) is 85.7 cm³/mol. The van der Waals surface area contributed by atoms with Gasteiger partial charge in [0.25, 0.3) is 0 Å². The van der Waals surface area contributed by atoms with Gasteiger partial charge in [-0.1, -0.05) is 24.8 Å². The van der Waals surface area contributed by atoms with Crippen molar-refractivity contribution in [3.05, 3.63) is 42.5 Å². The summed E-state index contributed by atoms with van der Waals surface area (Å²) in [6, 6.07) is 6.79. The summed E-state index contributed by atoms with van der Waals surface area (Å²) in [4.78, 5) is 13.5. The van der Waals surface area contributed by atoms with Crippen molar-refractivity contribution in [2.24, 2.45) is 5.73 Å². The third kappa shape index (κ3) is 5.85. The zero-order chi connectivity index (χ0) is 16.4. The first-order chi connectivity index (χ1) is 10.6. The molecule has 0 aliphatic heterocycles. The number of aliphatic hydroxyl groups is 2. The number of hydrogen-bond donors (Lipinski definition) is 3. The maximum absolute atomic E-state index is 11.6. The highest BCUT2D eigenvalue weighted by Gasteiger charge is 2.15. The molecule has 0 unspecified atom stereocenters. The van der Waals surface area contributed by atoms with E-state index in [1.807, 2.05) is 29.2 Å². The van der Waals surface area contributed by atoms with E-state index in [1.54, 1.807) is 0 Å². The number of carbonyl (C=O) groups is 1. The Morgan fingerprint density at radius 1 is 1.27 bits per heavy atom. The van der Waals surface area contributed by atoms with E-state index in [-0.39, 0.29) is 19.8 Å². The summed E-state index contributed by atoms with van der Waals surface area (Å²) >= 11 is 0. The summed E-state index contributed by atoms with van der Waals surface area (Å²) < 4.78 is 4.91. The van der Waals surface area contributed by atoms with Crippen molar-refractivity contribution in [3.63, 3.8) is 0 Å². The first-order valence-corrected chi connectivity index (χ1v) is 7.21. The van der Waals surface area contributed by atoms with Crippen molar-refractivity contribution in [1.29, 1.82) is 0 Å². The highest BCUT2D eigenvalue weighted by molar-refractivity contribution is 5.76. The normalized spacial score (nSPS) is 11.8. The molecule has 0 spiro atoms. The van der Waals surface area contributed by atoms with Crippen molar-refractivity contribution >= 4 is 11.7 Å². The van der Waals surface area contributed by atoms with Gasteiger partial charge in [0.15, 0.2) is 0 Å². The average Bonchev–Trinajstić information content (AvgIpc) is 2.53. The third-order valence-corrected chi connectivity index (χ3v) is 3.14. The fraction of sp³-hybridized carbons (Fsp3) is 0.438. The number of rotatable bonds is 10. The summed E-state index contributed by atoms with van der Waals surface area (Å²) in [7, 11) is 0. The molecule has 4 N–H and O–H groups in total. The van der Waals surface area contributed by atoms with Gasteiger partial charge in [0.05, 0.1) is 13.2 Å². The number of ether oxygens (including phenoxy) is 1. The number of aliphatic hydroxyl groups excluding tert-OH is 2. The molecule has 1 atom stereocenters. The second-order valence-electron chi connectivity index (χ2n) is 4.83. The molecule has 0 aliphatic carbocycles. The van der Waals surface area contributed by atoms with Crippen molar-refractivity contribution < 1.29 is 19.7 Å². The molecule has 0 heterocycles. The van der Waals surface area contributed by atoms with Crippen LogP contribution in [0.5, 0.6) is 0 Å². The number of nitrogens with zero attached hydrogens (tertiary/aromatic N) is 1. The van der Waals surface area contributed by atoms with Crippen LogP contribution < -0.4 is 10.6 Å². The Morgan fingerprint density at radius 3 is 2.36 bits per heavy atom. The van der Waals surface area contributed by atoms with Crippen LogP contribution in [0.3, 0.4) is 0 Å². The van der Waals surface area contributed by atoms with Crippen LogP contribution in [0.2, 0.25) is 0 Å². The maximum Gasteiger partial charge on any atom is 0.323 e. The van der Waals surface area contributed by atoms with E-state index in [2.05, 4.69) is 6.58 Å². The predicted octanol–water partition coefficient (Wildman–Crippen LogP) is 0.0766. The Morgan fingerprint density at radius 2 is 1.86 bits per heavy atom. The second-order valence-corrected chi connectivity index (χ2v) is 4.83. The lowest BCUT2D eigenvalue weighted by Gasteiger charge is -2.23. The zero-order valence-electron chi connectivity index (χ0n) is 12.6. The summed E-state index contributed by atoms with van der Waals surface area (Å²) in [5.41, 5.74) is 7.61. The number of anilines is 1. The maximum atomic E-state index is 11.6. The van der Waals surface area contributed by atoms with Crippen molar-refractivity contribution in [2.75, 3.05) is 37.8 Å². The molecule has 122 valence electrons. The van der Waals surface area contributed by atoms with E-state index in [4.69, 9.17) is 20.7 Å². The van der Waals surface area contributed by atoms with Gasteiger partial charge in [-0.25, -0.2) is 0 Å². The quantitative estimate of drug-likeness (QED) is 0.418. The number of carbonyl (C=O) groups excluding carboxylic acids is 1. The van der Waals surface area contributed by atoms with Gasteiger partial charge in [0, 0.05) is 18.8 Å². The average molecular weight is 308 g/mol. The van der Waals surface area contributed by atoms with E-state index >= 15 is 0 Å². The minimum atomic E-state index is -0.711. The molecule has 0 aliphatic rings. The standard InChI is InChI=1S/C16H24N2O4/c1-2-11-22-16(21)15(17)12-13-3-5-14(6-4-13)18(7-9-19)8-10-20/h2-6,15,19-20H,1,7-12,17H2/t15-/m0/s1. The van der Waals surface area contributed by atoms with Crippen LogP contribution in [0, 0.1) is 0 Å². The number of nitrogens with two attached hydrogens (primary N) is 1. The van der Waals surface area contributed by atoms with Gasteiger partial charge < -0.3 is 25.6 Å². The van der Waals surface area contributed by atoms with Crippen molar-refractivity contribution in [3.8, 4) is 0 Å². The fourth-order valence-electron chi connectivity index (χ4n) is 2.04. The monoisotopic (exact) mass is 308 g/mol. The molecule has 0 aromatic heterocycles. The van der Waals surface area contributed by atoms with Crippen LogP contribution in [-0.4, -0.2) is 55.1 Å². The summed E-state index contributed by atoms with van der Waals surface area (Å²) in [5, 5.41) is 18.1. The lowest BCUT2D eigenvalue weighted by Crippen LogP contribution is -2.34. The van der Waals surface area contributed by atoms with Crippen LogP contribution in [0.15, 0.2) is 36.9 Å². The smallest absolute Gasteiger partial charge is 0.323 e. The van der Waals surface area contributed by atoms with E-state index < -0.39 is 12.0 Å². The molecule has 1 rings (SSSR count). The Bertz CT molecular complexity index is 456. The Balaban J connectivity index is 2.63. The van der Waals surface area contributed by atoms with Gasteiger partial charge in [-0.15, -0.1) is 0 Å². The van der Waals surface area contributed by atoms with Gasteiger partial charge in [-0.05, 0) is 24.1 Å². The fourth-order valence-corrected chi connectivity index (χ4v) is 2.04. The van der Waals surface area contributed by atoms with Crippen LogP contribution in [0.25, 0.3) is 0 Å². The van der Waals surface area contributed by atoms with Crippen LogP contribution in [-0.2, 0) is 16.0 Å². The van der Waals surface area contributed by atoms with Gasteiger partial charge in [0.2, 0.25) is 0 Å². The molecule has 22 heavy (non-hydrogen) atoms. The first kappa shape index (κ1) is 18.2. The molecular formula is C16H24N2O4. The lowest BCUT2D eigenvalue weighted by molar-refractivity contribution is -0.143. The van der Waals surface area contributed by atoms with E-state index in [0.717, 1.165) is 11.3 Å². The number of hydrogen-bond acceptors (Lipinski definition) is 6. The molecule has 0 saturated carbocycles. The molecule has 6 nitrogen and oxygen atoms in total. The molecule has 0 amide bonds. The molecule has 0 saturated heterocycles. The molecule has 1 aromatic rings. The largest absolute Gasteiger partial charge is 0.460 e. The number of benzene rings is 1. The Kier molecular flexibility index (Phi) is 8.21. The highest BCUT2D eigenvalue weighted by atomic mass is 16.5. The van der Waals surface area contributed by atoms with E-state index in [1.165, 1.54) is 6.08 Å². The SMILES string of the molecule is C=CCOC(=O)[C@@H](N)Cc1ccc(N(CCO)CCO)cc1. The van der Waals surface area contributed by atoms with Crippen LogP contribution in [0.4, 0.5) is 5.69 Å². The summed E-state index contributed by atoms with van der Waals surface area (Å²) in [6.45, 7) is 4.56. The summed E-state index contributed by atoms with van der Waals surface area (Å²) in [6.07, 6.45) is 1.88. The topological polar surface area (TPSA) is 96.0 Å². The van der Waals surface area contributed by atoms with Gasteiger partial charge in [-0.3, -0.25) is 4.79 Å². The third-order valence-electron chi connectivity index (χ3n) is 3.14. The second kappa shape index (κ2) is 9.94. The molecule has 0 bridgehead atoms. The van der Waals surface area contributed by atoms with Crippen LogP contribution in [0.1, 0.15) is 5.56 Å². The molecule has 6 heteroatoms. The minimum Gasteiger partial charge on any atom is -0.460 e. The Labute approximate surface area is 130 Å². The minimum absolute atomic E-state index is 0.0156. The molecular weight excluding hydrogens is 284 g/mol. The first-order valence-electron chi connectivity index (χ1n) is 7.21. The van der Waals surface area contributed by atoms with Crippen molar-refractivity contribution in [2.45, 2.75) is 12.5 Å². The van der Waals surface area contributed by atoms with Crippen LogP contribution >= 0.6 is 0 Å². The molecule has 1 aromatic carbocycles. The zero-order valence-corrected chi connectivity index (χ0v) is 12.6. The number of esters is 1. The molecule has 0 radical (unpaired) electrons.